The molecule has 26 heavy (non-hydrogen) atoms. The van der Waals surface area contributed by atoms with E-state index in [1.54, 1.807) is 4.90 Å². The molecule has 2 fully saturated rings. The highest BCUT2D eigenvalue weighted by atomic mass is 16.5. The van der Waals surface area contributed by atoms with E-state index in [1.807, 2.05) is 14.1 Å². The first-order valence-corrected chi connectivity index (χ1v) is 10.0. The van der Waals surface area contributed by atoms with Gasteiger partial charge in [-0.2, -0.15) is 0 Å². The highest BCUT2D eigenvalue weighted by molar-refractivity contribution is 5.78. The summed E-state index contributed by atoms with van der Waals surface area (Å²) in [7, 11) is 3.68. The number of piperidine rings is 1. The summed E-state index contributed by atoms with van der Waals surface area (Å²) in [6, 6.07) is 0. The van der Waals surface area contributed by atoms with Crippen molar-refractivity contribution in [1.82, 2.24) is 19.7 Å². The smallest absolute Gasteiger partial charge is 0.227 e. The van der Waals surface area contributed by atoms with Gasteiger partial charge < -0.3 is 14.5 Å². The third-order valence-corrected chi connectivity index (χ3v) is 5.79. The SMILES string of the molecule is CC[C@@H](C)c1nnc(N2CCC(C(=O)N(C)C)CC2)n1C[C@@H]1CCCO1. The number of hydrogen-bond acceptors (Lipinski definition) is 5. The molecule has 7 heteroatoms. The van der Waals surface area contributed by atoms with Crippen LogP contribution in [0.25, 0.3) is 0 Å². The average molecular weight is 364 g/mol. The summed E-state index contributed by atoms with van der Waals surface area (Å²) in [6.45, 7) is 7.80. The molecule has 1 aromatic heterocycles. The second-order valence-corrected chi connectivity index (χ2v) is 7.91. The van der Waals surface area contributed by atoms with Crippen molar-refractivity contribution in [3.8, 4) is 0 Å². The van der Waals surface area contributed by atoms with Crippen LogP contribution in [0.5, 0.6) is 0 Å². The van der Waals surface area contributed by atoms with E-state index < -0.39 is 0 Å². The Morgan fingerprint density at radius 2 is 2.00 bits per heavy atom. The quantitative estimate of drug-likeness (QED) is 0.776. The van der Waals surface area contributed by atoms with Crippen LogP contribution in [-0.4, -0.2) is 65.5 Å². The minimum atomic E-state index is 0.129. The fourth-order valence-electron chi connectivity index (χ4n) is 3.95. The molecule has 0 radical (unpaired) electrons. The molecule has 0 aromatic carbocycles. The molecule has 3 rings (SSSR count). The van der Waals surface area contributed by atoms with Crippen LogP contribution >= 0.6 is 0 Å². The molecule has 0 bridgehead atoms. The number of aromatic nitrogens is 3. The standard InChI is InChI=1S/C19H33N5O2/c1-5-14(2)17-20-21-19(24(17)13-16-7-6-12-26-16)23-10-8-15(9-11-23)18(25)22(3)4/h14-16H,5-13H2,1-4H3/t14-,16+/m1/s1. The van der Waals surface area contributed by atoms with E-state index in [9.17, 15) is 4.79 Å². The third kappa shape index (κ3) is 4.03. The molecule has 2 saturated heterocycles. The van der Waals surface area contributed by atoms with E-state index in [4.69, 9.17) is 4.74 Å². The number of nitrogens with zero attached hydrogens (tertiary/aromatic N) is 5. The molecule has 0 N–H and O–H groups in total. The summed E-state index contributed by atoms with van der Waals surface area (Å²) >= 11 is 0. The zero-order valence-electron chi connectivity index (χ0n) is 16.6. The van der Waals surface area contributed by atoms with Crippen LogP contribution < -0.4 is 4.90 Å². The Labute approximate surface area is 156 Å². The van der Waals surface area contributed by atoms with E-state index >= 15 is 0 Å². The highest BCUT2D eigenvalue weighted by Gasteiger charge is 2.30. The molecule has 2 atom stereocenters. The topological polar surface area (TPSA) is 63.5 Å². The second kappa shape index (κ2) is 8.37. The summed E-state index contributed by atoms with van der Waals surface area (Å²) in [5.74, 6) is 2.76. The van der Waals surface area contributed by atoms with E-state index in [0.29, 0.717) is 5.92 Å². The Bertz CT molecular complexity index is 601. The van der Waals surface area contributed by atoms with E-state index in [1.165, 1.54) is 0 Å². The van der Waals surface area contributed by atoms with Gasteiger partial charge >= 0.3 is 0 Å². The van der Waals surface area contributed by atoms with Crippen molar-refractivity contribution < 1.29 is 9.53 Å². The van der Waals surface area contributed by atoms with Gasteiger partial charge in [0.15, 0.2) is 0 Å². The van der Waals surface area contributed by atoms with Gasteiger partial charge in [-0.25, -0.2) is 0 Å². The summed E-state index contributed by atoms with van der Waals surface area (Å²) in [6.07, 6.45) is 5.31. The molecule has 7 nitrogen and oxygen atoms in total. The van der Waals surface area contributed by atoms with Gasteiger partial charge in [-0.3, -0.25) is 9.36 Å². The maximum Gasteiger partial charge on any atom is 0.227 e. The second-order valence-electron chi connectivity index (χ2n) is 7.91. The van der Waals surface area contributed by atoms with Crippen LogP contribution in [0.2, 0.25) is 0 Å². The number of ether oxygens (including phenoxy) is 1. The molecule has 146 valence electrons. The van der Waals surface area contributed by atoms with Crippen LogP contribution in [0.3, 0.4) is 0 Å². The maximum absolute atomic E-state index is 12.2. The predicted octanol–water partition coefficient (Wildman–Crippen LogP) is 2.28. The summed E-state index contributed by atoms with van der Waals surface area (Å²) in [5, 5.41) is 9.07. The van der Waals surface area contributed by atoms with E-state index in [-0.39, 0.29) is 17.9 Å². The molecular formula is C19H33N5O2. The molecular weight excluding hydrogens is 330 g/mol. The summed E-state index contributed by atoms with van der Waals surface area (Å²) < 4.78 is 8.14. The van der Waals surface area contributed by atoms with Crippen molar-refractivity contribution in [2.45, 2.75) is 64.5 Å². The van der Waals surface area contributed by atoms with Gasteiger partial charge in [-0.05, 0) is 32.1 Å². The van der Waals surface area contributed by atoms with Crippen molar-refractivity contribution in [1.29, 1.82) is 0 Å². The molecule has 3 heterocycles. The Kier molecular flexibility index (Phi) is 6.16. The normalized spacial score (nSPS) is 22.6. The van der Waals surface area contributed by atoms with Crippen molar-refractivity contribution in [3.05, 3.63) is 5.82 Å². The van der Waals surface area contributed by atoms with Crippen LogP contribution in [-0.2, 0) is 16.1 Å². The minimum absolute atomic E-state index is 0.129. The highest BCUT2D eigenvalue weighted by Crippen LogP contribution is 2.28. The van der Waals surface area contributed by atoms with Gasteiger partial charge in [0, 0.05) is 45.6 Å². The fourth-order valence-corrected chi connectivity index (χ4v) is 3.95. The van der Waals surface area contributed by atoms with Crippen molar-refractivity contribution >= 4 is 11.9 Å². The van der Waals surface area contributed by atoms with Crippen molar-refractivity contribution in [2.75, 3.05) is 38.7 Å². The molecule has 0 saturated carbocycles. The number of hydrogen-bond donors (Lipinski definition) is 0. The monoisotopic (exact) mass is 363 g/mol. The first-order valence-electron chi connectivity index (χ1n) is 10.0. The number of anilines is 1. The Hall–Kier alpha value is -1.63. The van der Waals surface area contributed by atoms with Crippen LogP contribution in [0.4, 0.5) is 5.95 Å². The number of rotatable bonds is 6. The Morgan fingerprint density at radius 3 is 2.58 bits per heavy atom. The molecule has 0 spiro atoms. The third-order valence-electron chi connectivity index (χ3n) is 5.79. The van der Waals surface area contributed by atoms with Gasteiger partial charge in [0.1, 0.15) is 5.82 Å². The van der Waals surface area contributed by atoms with Gasteiger partial charge in [-0.1, -0.05) is 13.8 Å². The molecule has 0 aliphatic carbocycles. The van der Waals surface area contributed by atoms with Crippen molar-refractivity contribution in [2.24, 2.45) is 5.92 Å². The first-order chi connectivity index (χ1) is 12.5. The predicted molar refractivity (Wildman–Crippen MR) is 101 cm³/mol. The largest absolute Gasteiger partial charge is 0.376 e. The lowest BCUT2D eigenvalue weighted by Gasteiger charge is -2.33. The van der Waals surface area contributed by atoms with Gasteiger partial charge in [-0.15, -0.1) is 10.2 Å². The number of carbonyl (C=O) groups excluding carboxylic acids is 1. The molecule has 0 unspecified atom stereocenters. The summed E-state index contributed by atoms with van der Waals surface area (Å²) in [4.78, 5) is 16.2. The maximum atomic E-state index is 12.2. The zero-order chi connectivity index (χ0) is 18.7. The fraction of sp³-hybridized carbons (Fsp3) is 0.842. The molecule has 1 aromatic rings. The Balaban J connectivity index is 1.74. The van der Waals surface area contributed by atoms with E-state index in [2.05, 4.69) is 33.5 Å². The molecule has 1 amide bonds. The van der Waals surface area contributed by atoms with Crippen LogP contribution in [0.1, 0.15) is 57.7 Å². The lowest BCUT2D eigenvalue weighted by Crippen LogP contribution is -2.41. The first kappa shape index (κ1) is 19.1. The van der Waals surface area contributed by atoms with Gasteiger partial charge in [0.25, 0.3) is 0 Å². The minimum Gasteiger partial charge on any atom is -0.376 e. The van der Waals surface area contributed by atoms with Gasteiger partial charge in [0.2, 0.25) is 11.9 Å². The molecule has 2 aliphatic heterocycles. The average Bonchev–Trinajstić information content (AvgIpc) is 3.31. The van der Waals surface area contributed by atoms with Gasteiger partial charge in [0.05, 0.1) is 12.6 Å². The summed E-state index contributed by atoms with van der Waals surface area (Å²) in [5.41, 5.74) is 0. The lowest BCUT2D eigenvalue weighted by atomic mass is 9.96. The lowest BCUT2D eigenvalue weighted by molar-refractivity contribution is -0.133. The molecule has 2 aliphatic rings. The Morgan fingerprint density at radius 1 is 1.27 bits per heavy atom. The number of carbonyl (C=O) groups is 1. The van der Waals surface area contributed by atoms with Crippen LogP contribution in [0, 0.1) is 5.92 Å². The zero-order valence-corrected chi connectivity index (χ0v) is 16.6. The number of amides is 1. The van der Waals surface area contributed by atoms with E-state index in [0.717, 1.165) is 70.1 Å². The van der Waals surface area contributed by atoms with Crippen molar-refractivity contribution in [3.63, 3.8) is 0 Å². The van der Waals surface area contributed by atoms with Crippen LogP contribution in [0.15, 0.2) is 0 Å².